The third-order valence-electron chi connectivity index (χ3n) is 6.58. The van der Waals surface area contributed by atoms with Crippen LogP contribution in [0.15, 0.2) is 48.6 Å². The van der Waals surface area contributed by atoms with Gasteiger partial charge in [-0.2, -0.15) is 0 Å². The number of amides is 1. The van der Waals surface area contributed by atoms with Crippen molar-refractivity contribution < 1.29 is 14.8 Å². The van der Waals surface area contributed by atoms with Crippen LogP contribution in [-0.4, -0.2) is 33.9 Å². The summed E-state index contributed by atoms with van der Waals surface area (Å²) in [7, 11) is 0. The fourth-order valence-electron chi connectivity index (χ4n) is 5.10. The molecule has 2 N–H and O–H groups in total. The fraction of sp³-hybridized carbons (Fsp3) is 0.348. The van der Waals surface area contributed by atoms with Crippen molar-refractivity contribution in [1.82, 2.24) is 4.90 Å². The van der Waals surface area contributed by atoms with Gasteiger partial charge in [-0.25, -0.2) is 0 Å². The largest absolute Gasteiger partial charge is 0.508 e. The number of benzene rings is 2. The number of para-hydroxylation sites is 1. The van der Waals surface area contributed by atoms with E-state index >= 15 is 0 Å². The molecular weight excluding hydrogens is 382 g/mol. The minimum atomic E-state index is -0.452. The van der Waals surface area contributed by atoms with Gasteiger partial charge in [0, 0.05) is 36.7 Å². The molecule has 30 heavy (non-hydrogen) atoms. The molecule has 5 rings (SSSR count). The number of phenols is 1. The van der Waals surface area contributed by atoms with Gasteiger partial charge in [-0.3, -0.25) is 14.9 Å². The number of nitro groups is 1. The first-order valence-electron chi connectivity index (χ1n) is 10.4. The maximum absolute atomic E-state index is 13.2. The first kappa shape index (κ1) is 18.7. The summed E-state index contributed by atoms with van der Waals surface area (Å²) in [5.74, 6) is 0.244. The van der Waals surface area contributed by atoms with Crippen LogP contribution >= 0.6 is 0 Å². The number of hydrogen-bond donors (Lipinski definition) is 2. The zero-order valence-electron chi connectivity index (χ0n) is 16.5. The molecule has 1 saturated heterocycles. The van der Waals surface area contributed by atoms with Crippen molar-refractivity contribution >= 4 is 17.3 Å². The topological polar surface area (TPSA) is 95.7 Å². The van der Waals surface area contributed by atoms with Crippen molar-refractivity contribution in [2.24, 2.45) is 5.92 Å². The molecule has 7 nitrogen and oxygen atoms in total. The molecule has 2 aliphatic heterocycles. The number of anilines is 1. The van der Waals surface area contributed by atoms with Crippen molar-refractivity contribution in [2.75, 3.05) is 18.4 Å². The Morgan fingerprint density at radius 3 is 2.73 bits per heavy atom. The van der Waals surface area contributed by atoms with Crippen LogP contribution in [0.3, 0.4) is 0 Å². The number of carbonyl (C=O) groups excluding carboxylic acids is 1. The smallest absolute Gasteiger partial charge is 0.270 e. The second-order valence-electron chi connectivity index (χ2n) is 8.24. The number of non-ortho nitro benzene ring substituents is 1. The number of rotatable bonds is 3. The van der Waals surface area contributed by atoms with E-state index in [1.807, 2.05) is 23.1 Å². The molecule has 2 aromatic rings. The number of nitrogens with one attached hydrogen (secondary N) is 1. The van der Waals surface area contributed by atoms with E-state index in [9.17, 15) is 20.0 Å². The van der Waals surface area contributed by atoms with Gasteiger partial charge in [-0.1, -0.05) is 24.3 Å². The van der Waals surface area contributed by atoms with Gasteiger partial charge < -0.3 is 15.3 Å². The number of hydrogen-bond acceptors (Lipinski definition) is 5. The summed E-state index contributed by atoms with van der Waals surface area (Å²) in [6, 6.07) is 9.61. The normalized spacial score (nSPS) is 24.3. The van der Waals surface area contributed by atoms with E-state index < -0.39 is 4.92 Å². The Labute approximate surface area is 174 Å². The van der Waals surface area contributed by atoms with Crippen molar-refractivity contribution in [3.8, 4) is 5.75 Å². The Hall–Kier alpha value is -3.35. The predicted molar refractivity (Wildman–Crippen MR) is 113 cm³/mol. The fourth-order valence-corrected chi connectivity index (χ4v) is 5.10. The Kier molecular flexibility index (Phi) is 4.46. The predicted octanol–water partition coefficient (Wildman–Crippen LogP) is 4.36. The molecule has 2 aromatic carbocycles. The molecule has 0 aromatic heterocycles. The quantitative estimate of drug-likeness (QED) is 0.449. The number of nitro benzene ring substituents is 1. The summed E-state index contributed by atoms with van der Waals surface area (Å²) >= 11 is 0. The van der Waals surface area contributed by atoms with E-state index in [1.165, 1.54) is 18.2 Å². The van der Waals surface area contributed by atoms with Gasteiger partial charge in [0.15, 0.2) is 0 Å². The lowest BCUT2D eigenvalue weighted by Crippen LogP contribution is -2.33. The number of fused-ring (bicyclic) bond motifs is 3. The highest BCUT2D eigenvalue weighted by atomic mass is 16.6. The van der Waals surface area contributed by atoms with Crippen molar-refractivity contribution in [3.63, 3.8) is 0 Å². The molecule has 1 amide bonds. The first-order valence-corrected chi connectivity index (χ1v) is 10.4. The molecule has 3 aliphatic rings. The maximum atomic E-state index is 13.2. The molecule has 1 aliphatic carbocycles. The summed E-state index contributed by atoms with van der Waals surface area (Å²) in [5, 5.41) is 25.3. The van der Waals surface area contributed by atoms with Crippen LogP contribution in [-0.2, 0) is 0 Å². The maximum Gasteiger partial charge on any atom is 0.270 e. The summed E-state index contributed by atoms with van der Waals surface area (Å²) < 4.78 is 0. The molecule has 154 valence electrons. The van der Waals surface area contributed by atoms with E-state index in [-0.39, 0.29) is 35.2 Å². The number of aromatic hydroxyl groups is 1. The number of nitrogens with zero attached hydrogens (tertiary/aromatic N) is 2. The number of likely N-dealkylation sites (tertiary alicyclic amines) is 1. The Bertz CT molecular complexity index is 1060. The average Bonchev–Trinajstić information content (AvgIpc) is 3.45. The van der Waals surface area contributed by atoms with Gasteiger partial charge in [0.1, 0.15) is 5.75 Å². The molecule has 3 unspecified atom stereocenters. The standard InChI is InChI=1S/C23H23N3O4/c27-20-10-9-14(26(29)30)13-19(20)22-17-6-3-5-15(17)16-7-4-8-18(21(16)24-22)23(28)25-11-1-2-12-25/h3-5,7-10,13,15,17,22,24,27H,1-2,6,11-12H2. The molecule has 0 radical (unpaired) electrons. The van der Waals surface area contributed by atoms with E-state index in [0.29, 0.717) is 11.1 Å². The highest BCUT2D eigenvalue weighted by Crippen LogP contribution is 2.52. The molecule has 7 heteroatoms. The van der Waals surface area contributed by atoms with Crippen LogP contribution in [0.2, 0.25) is 0 Å². The Morgan fingerprint density at radius 2 is 1.97 bits per heavy atom. The second kappa shape index (κ2) is 7.16. The monoisotopic (exact) mass is 405 g/mol. The van der Waals surface area contributed by atoms with Crippen LogP contribution in [0.1, 0.15) is 52.7 Å². The van der Waals surface area contributed by atoms with Crippen molar-refractivity contribution in [1.29, 1.82) is 0 Å². The lowest BCUT2D eigenvalue weighted by Gasteiger charge is -2.38. The summed E-state index contributed by atoms with van der Waals surface area (Å²) in [6.07, 6.45) is 7.10. The Morgan fingerprint density at radius 1 is 1.17 bits per heavy atom. The third-order valence-corrected chi connectivity index (χ3v) is 6.58. The lowest BCUT2D eigenvalue weighted by atomic mass is 9.76. The van der Waals surface area contributed by atoms with Crippen molar-refractivity contribution in [3.05, 3.63) is 75.4 Å². The average molecular weight is 405 g/mol. The summed E-state index contributed by atoms with van der Waals surface area (Å²) in [6.45, 7) is 1.53. The molecule has 2 heterocycles. The van der Waals surface area contributed by atoms with Gasteiger partial charge in [0.05, 0.1) is 22.2 Å². The minimum absolute atomic E-state index is 0.0132. The molecule has 1 fully saturated rings. The van der Waals surface area contributed by atoms with Crippen LogP contribution in [0.4, 0.5) is 11.4 Å². The van der Waals surface area contributed by atoms with Gasteiger partial charge in [0.2, 0.25) is 0 Å². The third kappa shape index (κ3) is 2.93. The van der Waals surface area contributed by atoms with Gasteiger partial charge in [-0.15, -0.1) is 0 Å². The molecule has 0 spiro atoms. The molecular formula is C23H23N3O4. The van der Waals surface area contributed by atoms with E-state index in [1.54, 1.807) is 0 Å². The molecule has 0 bridgehead atoms. The second-order valence-corrected chi connectivity index (χ2v) is 8.24. The molecule has 0 saturated carbocycles. The lowest BCUT2D eigenvalue weighted by molar-refractivity contribution is -0.385. The van der Waals surface area contributed by atoms with Crippen LogP contribution in [0, 0.1) is 16.0 Å². The van der Waals surface area contributed by atoms with Crippen molar-refractivity contribution in [2.45, 2.75) is 31.2 Å². The number of carbonyl (C=O) groups is 1. The highest BCUT2D eigenvalue weighted by Gasteiger charge is 2.41. The SMILES string of the molecule is O=C(c1cccc2c1NC(c1cc([N+](=O)[O-])ccc1O)C1CC=CC21)N1CCCC1. The van der Waals surface area contributed by atoms with Crippen LogP contribution in [0.25, 0.3) is 0 Å². The van der Waals surface area contributed by atoms with E-state index in [2.05, 4.69) is 17.5 Å². The van der Waals surface area contributed by atoms with Gasteiger partial charge in [-0.05, 0) is 42.9 Å². The van der Waals surface area contributed by atoms with Crippen LogP contribution < -0.4 is 5.32 Å². The highest BCUT2D eigenvalue weighted by molar-refractivity contribution is 6.01. The Balaban J connectivity index is 1.60. The first-order chi connectivity index (χ1) is 14.5. The zero-order chi connectivity index (χ0) is 20.8. The van der Waals surface area contributed by atoms with Crippen LogP contribution in [0.5, 0.6) is 5.75 Å². The summed E-state index contributed by atoms with van der Waals surface area (Å²) in [5.41, 5.74) is 2.91. The minimum Gasteiger partial charge on any atom is -0.508 e. The number of phenolic OH excluding ortho intramolecular Hbond substituents is 1. The van der Waals surface area contributed by atoms with Gasteiger partial charge in [0.25, 0.3) is 11.6 Å². The van der Waals surface area contributed by atoms with E-state index in [0.717, 1.165) is 43.6 Å². The number of allylic oxidation sites excluding steroid dienone is 2. The van der Waals surface area contributed by atoms with Gasteiger partial charge >= 0.3 is 0 Å². The molecule has 3 atom stereocenters. The zero-order valence-corrected chi connectivity index (χ0v) is 16.5. The summed E-state index contributed by atoms with van der Waals surface area (Å²) in [4.78, 5) is 25.9. The van der Waals surface area contributed by atoms with E-state index in [4.69, 9.17) is 0 Å².